The average molecular weight is 421 g/mol. The third-order valence-electron chi connectivity index (χ3n) is 5.24. The number of pyridine rings is 2. The smallest absolute Gasteiger partial charge is 0.0991 e. The third-order valence-corrected chi connectivity index (χ3v) is 5.45. The lowest BCUT2D eigenvalue weighted by molar-refractivity contribution is 0.183. The molecule has 0 saturated heterocycles. The molecule has 0 aliphatic rings. The number of rotatable bonds is 8. The average Bonchev–Trinajstić information content (AvgIpc) is 2.75. The van der Waals surface area contributed by atoms with Gasteiger partial charge in [-0.2, -0.15) is 5.26 Å². The van der Waals surface area contributed by atoms with Crippen LogP contribution in [0, 0.1) is 18.3 Å². The highest BCUT2D eigenvalue weighted by Gasteiger charge is 2.19. The minimum atomic E-state index is -0.106. The molecule has 6 heteroatoms. The Kier molecular flexibility index (Phi) is 7.53. The van der Waals surface area contributed by atoms with Crippen LogP contribution in [0.1, 0.15) is 40.6 Å². The van der Waals surface area contributed by atoms with Gasteiger partial charge in [-0.1, -0.05) is 23.7 Å². The zero-order valence-corrected chi connectivity index (χ0v) is 18.0. The highest BCUT2D eigenvalue weighted by atomic mass is 35.5. The largest absolute Gasteiger partial charge is 0.392 e. The van der Waals surface area contributed by atoms with E-state index in [-0.39, 0.29) is 12.6 Å². The van der Waals surface area contributed by atoms with Crippen molar-refractivity contribution in [2.24, 2.45) is 0 Å². The Hall–Kier alpha value is -2.78. The quantitative estimate of drug-likeness (QED) is 0.583. The standard InChI is InChI=1S/C24H25ClN4O/c1-17-9-22(25)13-28-24(17)15-29(18(2)10-23-5-3-4-8-27-23)14-20-7-6-19(12-26)11-21(20)16-30/h3-9,11,13,18,30H,10,14-16H2,1-2H3. The normalized spacial score (nSPS) is 12.0. The van der Waals surface area contributed by atoms with E-state index in [1.165, 1.54) is 0 Å². The maximum absolute atomic E-state index is 9.82. The molecule has 0 amide bonds. The number of nitriles is 1. The Morgan fingerprint density at radius 1 is 1.13 bits per heavy atom. The summed E-state index contributed by atoms with van der Waals surface area (Å²) < 4.78 is 0. The van der Waals surface area contributed by atoms with Gasteiger partial charge in [0.05, 0.1) is 29.0 Å². The Bertz CT molecular complexity index is 1030. The van der Waals surface area contributed by atoms with Gasteiger partial charge in [0.2, 0.25) is 0 Å². The summed E-state index contributed by atoms with van der Waals surface area (Å²) in [4.78, 5) is 11.3. The molecule has 5 nitrogen and oxygen atoms in total. The van der Waals surface area contributed by atoms with E-state index in [2.05, 4.69) is 27.9 Å². The van der Waals surface area contributed by atoms with Gasteiger partial charge in [0, 0.05) is 43.6 Å². The lowest BCUT2D eigenvalue weighted by Gasteiger charge is -2.30. The van der Waals surface area contributed by atoms with Crippen LogP contribution in [-0.2, 0) is 26.1 Å². The van der Waals surface area contributed by atoms with E-state index in [1.54, 1.807) is 18.3 Å². The van der Waals surface area contributed by atoms with Crippen LogP contribution in [0.15, 0.2) is 54.9 Å². The number of aliphatic hydroxyl groups is 1. The first-order valence-corrected chi connectivity index (χ1v) is 10.3. The van der Waals surface area contributed by atoms with Crippen molar-refractivity contribution in [2.45, 2.75) is 46.0 Å². The molecule has 0 aliphatic heterocycles. The predicted octanol–water partition coefficient (Wildman–Crippen LogP) is 4.44. The molecule has 0 radical (unpaired) electrons. The van der Waals surface area contributed by atoms with Crippen molar-refractivity contribution < 1.29 is 5.11 Å². The fraction of sp³-hybridized carbons (Fsp3) is 0.292. The summed E-state index contributed by atoms with van der Waals surface area (Å²) >= 11 is 6.08. The molecular formula is C24H25ClN4O. The van der Waals surface area contributed by atoms with Crippen LogP contribution in [0.2, 0.25) is 5.02 Å². The number of aliphatic hydroxyl groups excluding tert-OH is 1. The molecule has 0 aliphatic carbocycles. The lowest BCUT2D eigenvalue weighted by atomic mass is 10.0. The van der Waals surface area contributed by atoms with E-state index in [1.807, 2.05) is 43.5 Å². The summed E-state index contributed by atoms with van der Waals surface area (Å²) in [5, 5.41) is 19.6. The molecule has 1 aromatic carbocycles. The van der Waals surface area contributed by atoms with Gasteiger partial charge >= 0.3 is 0 Å². The molecule has 1 N–H and O–H groups in total. The Morgan fingerprint density at radius 3 is 2.63 bits per heavy atom. The summed E-state index contributed by atoms with van der Waals surface area (Å²) in [5.74, 6) is 0. The molecule has 0 fully saturated rings. The Morgan fingerprint density at radius 2 is 1.97 bits per heavy atom. The summed E-state index contributed by atoms with van der Waals surface area (Å²) in [5.41, 5.74) is 5.34. The van der Waals surface area contributed by atoms with E-state index < -0.39 is 0 Å². The predicted molar refractivity (Wildman–Crippen MR) is 118 cm³/mol. The molecule has 1 unspecified atom stereocenters. The lowest BCUT2D eigenvalue weighted by Crippen LogP contribution is -2.34. The molecule has 0 saturated carbocycles. The first-order chi connectivity index (χ1) is 14.5. The van der Waals surface area contributed by atoms with Crippen molar-refractivity contribution in [1.29, 1.82) is 5.26 Å². The fourth-order valence-electron chi connectivity index (χ4n) is 3.46. The summed E-state index contributed by atoms with van der Waals surface area (Å²) in [7, 11) is 0. The van der Waals surface area contributed by atoms with E-state index in [4.69, 9.17) is 16.9 Å². The summed E-state index contributed by atoms with van der Waals surface area (Å²) in [6.45, 7) is 5.34. The first kappa shape index (κ1) is 21.9. The van der Waals surface area contributed by atoms with Crippen LogP contribution in [0.4, 0.5) is 0 Å². The van der Waals surface area contributed by atoms with Crippen LogP contribution >= 0.6 is 11.6 Å². The van der Waals surface area contributed by atoms with E-state index in [0.29, 0.717) is 23.7 Å². The van der Waals surface area contributed by atoms with Crippen LogP contribution in [-0.4, -0.2) is 26.0 Å². The van der Waals surface area contributed by atoms with Gasteiger partial charge in [-0.3, -0.25) is 14.9 Å². The Balaban J connectivity index is 1.89. The molecule has 2 aromatic heterocycles. The van der Waals surface area contributed by atoms with Crippen LogP contribution in [0.25, 0.3) is 0 Å². The maximum atomic E-state index is 9.82. The molecule has 1 atom stereocenters. The number of benzene rings is 1. The van der Waals surface area contributed by atoms with Crippen molar-refractivity contribution in [1.82, 2.24) is 14.9 Å². The van der Waals surface area contributed by atoms with Crippen molar-refractivity contribution >= 4 is 11.6 Å². The second kappa shape index (κ2) is 10.3. The number of halogens is 1. The van der Waals surface area contributed by atoms with E-state index in [9.17, 15) is 5.11 Å². The third kappa shape index (κ3) is 5.64. The van der Waals surface area contributed by atoms with E-state index >= 15 is 0 Å². The molecule has 0 spiro atoms. The number of aryl methyl sites for hydroxylation is 1. The van der Waals surface area contributed by atoms with Gasteiger partial charge in [-0.05, 0) is 60.9 Å². The molecule has 2 heterocycles. The summed E-state index contributed by atoms with van der Waals surface area (Å²) in [6, 6.07) is 15.6. The van der Waals surface area contributed by atoms with Gasteiger partial charge in [0.1, 0.15) is 0 Å². The fourth-order valence-corrected chi connectivity index (χ4v) is 3.67. The van der Waals surface area contributed by atoms with Crippen LogP contribution < -0.4 is 0 Å². The van der Waals surface area contributed by atoms with Gasteiger partial charge < -0.3 is 5.11 Å². The van der Waals surface area contributed by atoms with E-state index in [0.717, 1.165) is 34.5 Å². The van der Waals surface area contributed by atoms with Crippen LogP contribution in [0.3, 0.4) is 0 Å². The monoisotopic (exact) mass is 420 g/mol. The van der Waals surface area contributed by atoms with Gasteiger partial charge in [0.15, 0.2) is 0 Å². The zero-order chi connectivity index (χ0) is 21.5. The SMILES string of the molecule is Cc1cc(Cl)cnc1CN(Cc1ccc(C#N)cc1CO)C(C)Cc1ccccn1. The highest BCUT2D eigenvalue weighted by Crippen LogP contribution is 2.21. The van der Waals surface area contributed by atoms with Crippen LogP contribution in [0.5, 0.6) is 0 Å². The van der Waals surface area contributed by atoms with Gasteiger partial charge in [-0.25, -0.2) is 0 Å². The molecule has 30 heavy (non-hydrogen) atoms. The number of hydrogen-bond acceptors (Lipinski definition) is 5. The molecular weight excluding hydrogens is 396 g/mol. The number of nitrogens with zero attached hydrogens (tertiary/aromatic N) is 4. The minimum absolute atomic E-state index is 0.106. The Labute approximate surface area is 182 Å². The molecule has 154 valence electrons. The molecule has 3 aromatic rings. The molecule has 0 bridgehead atoms. The van der Waals surface area contributed by atoms with Gasteiger partial charge in [-0.15, -0.1) is 0 Å². The highest BCUT2D eigenvalue weighted by molar-refractivity contribution is 6.30. The molecule has 3 rings (SSSR count). The first-order valence-electron chi connectivity index (χ1n) is 9.88. The van der Waals surface area contributed by atoms with Crippen molar-refractivity contribution in [3.8, 4) is 6.07 Å². The van der Waals surface area contributed by atoms with Crippen molar-refractivity contribution in [2.75, 3.05) is 0 Å². The van der Waals surface area contributed by atoms with Crippen molar-refractivity contribution in [3.05, 3.63) is 93.5 Å². The van der Waals surface area contributed by atoms with Crippen molar-refractivity contribution in [3.63, 3.8) is 0 Å². The zero-order valence-electron chi connectivity index (χ0n) is 17.2. The number of aromatic nitrogens is 2. The number of hydrogen-bond donors (Lipinski definition) is 1. The summed E-state index contributed by atoms with van der Waals surface area (Å²) in [6.07, 6.45) is 4.27. The topological polar surface area (TPSA) is 73.0 Å². The van der Waals surface area contributed by atoms with Gasteiger partial charge in [0.25, 0.3) is 0 Å². The minimum Gasteiger partial charge on any atom is -0.392 e. The maximum Gasteiger partial charge on any atom is 0.0991 e. The second-order valence-corrected chi connectivity index (χ2v) is 7.89. The second-order valence-electron chi connectivity index (χ2n) is 7.45.